The molecule has 0 radical (unpaired) electrons. The first kappa shape index (κ1) is 24.2. The van der Waals surface area contributed by atoms with Crippen molar-refractivity contribution >= 4 is 33.4 Å². The molecule has 0 bridgehead atoms. The molecule has 0 aliphatic carbocycles. The van der Waals surface area contributed by atoms with Gasteiger partial charge in [0.1, 0.15) is 11.9 Å². The van der Waals surface area contributed by atoms with Gasteiger partial charge < -0.3 is 10.6 Å². The average Bonchev–Trinajstić information content (AvgIpc) is 2.78. The van der Waals surface area contributed by atoms with Gasteiger partial charge in [0.2, 0.25) is 21.8 Å². The van der Waals surface area contributed by atoms with Gasteiger partial charge in [-0.1, -0.05) is 29.8 Å². The third kappa shape index (κ3) is 5.85. The Morgan fingerprint density at radius 1 is 1.12 bits per heavy atom. The summed E-state index contributed by atoms with van der Waals surface area (Å²) < 4.78 is 39.8. The van der Waals surface area contributed by atoms with Crippen LogP contribution in [0.5, 0.6) is 0 Å². The molecular formula is C22H25ClFN3O4S. The van der Waals surface area contributed by atoms with Gasteiger partial charge in [0.25, 0.3) is 0 Å². The van der Waals surface area contributed by atoms with Gasteiger partial charge >= 0.3 is 0 Å². The molecule has 2 N–H and O–H groups in total. The van der Waals surface area contributed by atoms with Gasteiger partial charge in [-0.05, 0) is 55.7 Å². The van der Waals surface area contributed by atoms with Crippen LogP contribution in [0.15, 0.2) is 53.4 Å². The quantitative estimate of drug-likeness (QED) is 0.635. The second-order valence-electron chi connectivity index (χ2n) is 7.67. The number of carbonyl (C=O) groups excluding carboxylic acids is 2. The Morgan fingerprint density at radius 2 is 1.75 bits per heavy atom. The first-order chi connectivity index (χ1) is 15.2. The molecule has 0 unspecified atom stereocenters. The van der Waals surface area contributed by atoms with E-state index in [0.29, 0.717) is 17.9 Å². The van der Waals surface area contributed by atoms with Crippen molar-refractivity contribution in [2.75, 3.05) is 13.1 Å². The number of carbonyl (C=O) groups is 2. The van der Waals surface area contributed by atoms with E-state index in [1.165, 1.54) is 16.4 Å². The number of piperidine rings is 1. The molecular weight excluding hydrogens is 457 g/mol. The van der Waals surface area contributed by atoms with Gasteiger partial charge in [-0.15, -0.1) is 0 Å². The van der Waals surface area contributed by atoms with E-state index >= 15 is 0 Å². The summed E-state index contributed by atoms with van der Waals surface area (Å²) >= 11 is 6.08. The minimum absolute atomic E-state index is 0.0191. The van der Waals surface area contributed by atoms with E-state index in [-0.39, 0.29) is 36.3 Å². The number of benzene rings is 2. The molecule has 2 aromatic carbocycles. The highest BCUT2D eigenvalue weighted by molar-refractivity contribution is 7.89. The summed E-state index contributed by atoms with van der Waals surface area (Å²) in [7, 11) is -3.74. The van der Waals surface area contributed by atoms with Crippen LogP contribution in [0.1, 0.15) is 25.3 Å². The largest absolute Gasteiger partial charge is 0.350 e. The molecule has 1 saturated heterocycles. The Bertz CT molecular complexity index is 1070. The van der Waals surface area contributed by atoms with Crippen LogP contribution in [0.2, 0.25) is 5.02 Å². The van der Waals surface area contributed by atoms with Crippen molar-refractivity contribution in [3.05, 3.63) is 64.9 Å². The van der Waals surface area contributed by atoms with Crippen LogP contribution in [-0.2, 0) is 26.2 Å². The third-order valence-electron chi connectivity index (χ3n) is 5.44. The lowest BCUT2D eigenvalue weighted by Crippen LogP contribution is -2.49. The highest BCUT2D eigenvalue weighted by Crippen LogP contribution is 2.24. The highest BCUT2D eigenvalue weighted by Gasteiger charge is 2.33. The molecule has 2 aromatic rings. The summed E-state index contributed by atoms with van der Waals surface area (Å²) in [6, 6.07) is 11.1. The standard InChI is InChI=1S/C22H25ClFN3O4S/c1-15(21(28)25-14-17-4-2-3-5-20(17)23)26-22(29)16-10-12-27(13-11-16)32(30,31)19-8-6-18(24)7-9-19/h2-9,15-16H,10-14H2,1H3,(H,25,28)(H,26,29)/t15-/m0/s1. The molecule has 10 heteroatoms. The second kappa shape index (κ2) is 10.4. The summed E-state index contributed by atoms with van der Waals surface area (Å²) in [5.74, 6) is -1.53. The van der Waals surface area contributed by atoms with Crippen molar-refractivity contribution in [2.45, 2.75) is 37.2 Å². The lowest BCUT2D eigenvalue weighted by Gasteiger charge is -2.31. The molecule has 172 valence electrons. The minimum atomic E-state index is -3.74. The van der Waals surface area contributed by atoms with E-state index in [4.69, 9.17) is 11.6 Å². The molecule has 1 heterocycles. The molecule has 1 aliphatic heterocycles. The zero-order valence-electron chi connectivity index (χ0n) is 17.6. The molecule has 1 aliphatic rings. The maximum Gasteiger partial charge on any atom is 0.243 e. The van der Waals surface area contributed by atoms with Crippen molar-refractivity contribution in [1.82, 2.24) is 14.9 Å². The number of hydrogen-bond donors (Lipinski definition) is 2. The Balaban J connectivity index is 1.49. The van der Waals surface area contributed by atoms with Crippen molar-refractivity contribution in [2.24, 2.45) is 5.92 Å². The smallest absolute Gasteiger partial charge is 0.243 e. The summed E-state index contributed by atoms with van der Waals surface area (Å²) in [4.78, 5) is 24.9. The molecule has 7 nitrogen and oxygen atoms in total. The third-order valence-corrected chi connectivity index (χ3v) is 7.72. The maximum absolute atomic E-state index is 13.1. The number of hydrogen-bond acceptors (Lipinski definition) is 4. The van der Waals surface area contributed by atoms with Crippen LogP contribution in [0.3, 0.4) is 0 Å². The lowest BCUT2D eigenvalue weighted by atomic mass is 9.97. The van der Waals surface area contributed by atoms with Gasteiger partial charge in [0, 0.05) is 30.6 Å². The van der Waals surface area contributed by atoms with Gasteiger partial charge in [-0.25, -0.2) is 12.8 Å². The molecule has 0 aromatic heterocycles. The van der Waals surface area contributed by atoms with E-state index in [0.717, 1.165) is 17.7 Å². The molecule has 3 rings (SSSR count). The minimum Gasteiger partial charge on any atom is -0.350 e. The van der Waals surface area contributed by atoms with Crippen LogP contribution in [0.25, 0.3) is 0 Å². The van der Waals surface area contributed by atoms with Crippen LogP contribution >= 0.6 is 11.6 Å². The maximum atomic E-state index is 13.1. The Kier molecular flexibility index (Phi) is 7.86. The number of sulfonamides is 1. The number of nitrogens with zero attached hydrogens (tertiary/aromatic N) is 1. The average molecular weight is 482 g/mol. The number of halogens is 2. The molecule has 0 spiro atoms. The Morgan fingerprint density at radius 3 is 2.38 bits per heavy atom. The van der Waals surface area contributed by atoms with Gasteiger partial charge in [0.05, 0.1) is 4.90 Å². The van der Waals surface area contributed by atoms with Gasteiger partial charge in [0.15, 0.2) is 0 Å². The van der Waals surface area contributed by atoms with Crippen molar-refractivity contribution < 1.29 is 22.4 Å². The lowest BCUT2D eigenvalue weighted by molar-refractivity contribution is -0.131. The highest BCUT2D eigenvalue weighted by atomic mass is 35.5. The second-order valence-corrected chi connectivity index (χ2v) is 10.0. The molecule has 32 heavy (non-hydrogen) atoms. The fourth-order valence-corrected chi connectivity index (χ4v) is 5.16. The van der Waals surface area contributed by atoms with Crippen LogP contribution in [-0.4, -0.2) is 43.7 Å². The van der Waals surface area contributed by atoms with E-state index in [2.05, 4.69) is 10.6 Å². The predicted octanol–water partition coefficient (Wildman–Crippen LogP) is 2.70. The van der Waals surface area contributed by atoms with Gasteiger partial charge in [-0.3, -0.25) is 9.59 Å². The fraction of sp³-hybridized carbons (Fsp3) is 0.364. The normalized spacial score (nSPS) is 16.3. The number of nitrogens with one attached hydrogen (secondary N) is 2. The van der Waals surface area contributed by atoms with Gasteiger partial charge in [-0.2, -0.15) is 4.31 Å². The summed E-state index contributed by atoms with van der Waals surface area (Å²) in [6.45, 7) is 2.18. The van der Waals surface area contributed by atoms with Crippen molar-refractivity contribution in [3.8, 4) is 0 Å². The van der Waals surface area contributed by atoms with E-state index < -0.39 is 27.8 Å². The zero-order chi connectivity index (χ0) is 23.3. The van der Waals surface area contributed by atoms with Crippen LogP contribution in [0.4, 0.5) is 4.39 Å². The van der Waals surface area contributed by atoms with Crippen LogP contribution < -0.4 is 10.6 Å². The molecule has 0 saturated carbocycles. The zero-order valence-corrected chi connectivity index (χ0v) is 19.1. The molecule has 1 atom stereocenters. The summed E-state index contributed by atoms with van der Waals surface area (Å²) in [6.07, 6.45) is 0.667. The number of amides is 2. The fourth-order valence-electron chi connectivity index (χ4n) is 3.49. The summed E-state index contributed by atoms with van der Waals surface area (Å²) in [5.41, 5.74) is 0.774. The van der Waals surface area contributed by atoms with E-state index in [9.17, 15) is 22.4 Å². The SMILES string of the molecule is C[C@H](NC(=O)C1CCN(S(=O)(=O)c2ccc(F)cc2)CC1)C(=O)NCc1ccccc1Cl. The van der Waals surface area contributed by atoms with Crippen molar-refractivity contribution in [3.63, 3.8) is 0 Å². The first-order valence-corrected chi connectivity index (χ1v) is 12.1. The monoisotopic (exact) mass is 481 g/mol. The molecule has 1 fully saturated rings. The first-order valence-electron chi connectivity index (χ1n) is 10.3. The van der Waals surface area contributed by atoms with Crippen molar-refractivity contribution in [1.29, 1.82) is 0 Å². The molecule has 2 amide bonds. The van der Waals surface area contributed by atoms with Crippen LogP contribution in [0, 0.1) is 11.7 Å². The Labute approximate surface area is 192 Å². The van der Waals surface area contributed by atoms with E-state index in [1.54, 1.807) is 25.1 Å². The Hall–Kier alpha value is -2.49. The van der Waals surface area contributed by atoms with E-state index in [1.807, 2.05) is 6.07 Å². The predicted molar refractivity (Wildman–Crippen MR) is 119 cm³/mol. The number of rotatable bonds is 7. The topological polar surface area (TPSA) is 95.6 Å². The summed E-state index contributed by atoms with van der Waals surface area (Å²) in [5, 5.41) is 5.99.